The number of anilines is 3. The van der Waals surface area contributed by atoms with Crippen molar-refractivity contribution < 1.29 is 9.47 Å². The molecule has 2 aromatic rings. The van der Waals surface area contributed by atoms with E-state index in [1.54, 1.807) is 6.07 Å². The first-order chi connectivity index (χ1) is 12.5. The fraction of sp³-hybridized carbons (Fsp3) is 0.444. The minimum Gasteiger partial charge on any atom is -0.356 e. The predicted octanol–water partition coefficient (Wildman–Crippen LogP) is 4.18. The zero-order valence-corrected chi connectivity index (χ0v) is 16.0. The van der Waals surface area contributed by atoms with E-state index < -0.39 is 5.79 Å². The van der Waals surface area contributed by atoms with Gasteiger partial charge in [0.2, 0.25) is 5.95 Å². The Kier molecular flexibility index (Phi) is 4.92. The van der Waals surface area contributed by atoms with Gasteiger partial charge in [-0.2, -0.15) is 4.98 Å². The lowest BCUT2D eigenvalue weighted by molar-refractivity contribution is -0.169. The maximum absolute atomic E-state index is 6.25. The molecule has 26 heavy (non-hydrogen) atoms. The highest BCUT2D eigenvalue weighted by molar-refractivity contribution is 6.43. The summed E-state index contributed by atoms with van der Waals surface area (Å²) in [6.45, 7) is 4.97. The Hall–Kier alpha value is -1.60. The number of ether oxygens (including phenoxy) is 2. The lowest BCUT2D eigenvalue weighted by atomic mass is 10.0. The highest BCUT2D eigenvalue weighted by atomic mass is 35.5. The molecule has 0 unspecified atom stereocenters. The van der Waals surface area contributed by atoms with Crippen LogP contribution in [0.4, 0.5) is 17.5 Å². The highest BCUT2D eigenvalue weighted by Crippen LogP contribution is 2.34. The van der Waals surface area contributed by atoms with Crippen molar-refractivity contribution in [3.05, 3.63) is 40.0 Å². The molecule has 1 N–H and O–H groups in total. The fourth-order valence-corrected chi connectivity index (χ4v) is 3.70. The molecule has 2 saturated heterocycles. The van der Waals surface area contributed by atoms with Crippen LogP contribution < -0.4 is 10.2 Å². The first kappa shape index (κ1) is 17.8. The molecule has 2 fully saturated rings. The molecule has 1 aromatic heterocycles. The summed E-state index contributed by atoms with van der Waals surface area (Å²) in [6.07, 6.45) is 1.66. The molecule has 0 bridgehead atoms. The van der Waals surface area contributed by atoms with Crippen LogP contribution in [0.5, 0.6) is 0 Å². The number of aromatic nitrogens is 2. The molecule has 6 nitrogen and oxygen atoms in total. The Morgan fingerprint density at radius 3 is 2.58 bits per heavy atom. The molecule has 3 heterocycles. The predicted molar refractivity (Wildman–Crippen MR) is 103 cm³/mol. The SMILES string of the molecule is Cc1cc(N2CCC3(CC2)OCCO3)nc(Nc2cccc(Cl)c2Cl)n1. The van der Waals surface area contributed by atoms with Crippen molar-refractivity contribution in [1.82, 2.24) is 9.97 Å². The monoisotopic (exact) mass is 394 g/mol. The second-order valence-corrected chi connectivity index (χ2v) is 7.30. The molecule has 0 aliphatic carbocycles. The zero-order valence-electron chi connectivity index (χ0n) is 14.5. The van der Waals surface area contributed by atoms with Crippen molar-refractivity contribution in [3.63, 3.8) is 0 Å². The number of halogens is 2. The molecular formula is C18H20Cl2N4O2. The largest absolute Gasteiger partial charge is 0.356 e. The summed E-state index contributed by atoms with van der Waals surface area (Å²) in [5, 5.41) is 4.11. The number of hydrogen-bond acceptors (Lipinski definition) is 6. The molecule has 2 aliphatic rings. The van der Waals surface area contributed by atoms with Crippen molar-refractivity contribution in [2.75, 3.05) is 36.5 Å². The summed E-state index contributed by atoms with van der Waals surface area (Å²) in [6, 6.07) is 7.41. The maximum Gasteiger partial charge on any atom is 0.229 e. The summed E-state index contributed by atoms with van der Waals surface area (Å²) < 4.78 is 11.6. The third-order valence-corrected chi connectivity index (χ3v) is 5.52. The highest BCUT2D eigenvalue weighted by Gasteiger charge is 2.40. The van der Waals surface area contributed by atoms with Gasteiger partial charge in [0, 0.05) is 37.7 Å². The van der Waals surface area contributed by atoms with E-state index in [1.165, 1.54) is 0 Å². The number of benzene rings is 1. The van der Waals surface area contributed by atoms with Gasteiger partial charge in [-0.05, 0) is 19.1 Å². The van der Waals surface area contributed by atoms with Crippen LogP contribution in [0.1, 0.15) is 18.5 Å². The first-order valence-corrected chi connectivity index (χ1v) is 9.40. The third-order valence-electron chi connectivity index (χ3n) is 4.70. The molecule has 138 valence electrons. The van der Waals surface area contributed by atoms with Crippen LogP contribution in [0, 0.1) is 6.92 Å². The lowest BCUT2D eigenvalue weighted by Crippen LogP contribution is -2.45. The van der Waals surface area contributed by atoms with E-state index in [4.69, 9.17) is 32.7 Å². The van der Waals surface area contributed by atoms with Crippen LogP contribution in [0.3, 0.4) is 0 Å². The Labute approximate surface area is 162 Å². The Bertz CT molecular complexity index is 802. The summed E-state index contributed by atoms with van der Waals surface area (Å²) >= 11 is 12.3. The van der Waals surface area contributed by atoms with Gasteiger partial charge in [-0.15, -0.1) is 0 Å². The molecule has 0 saturated carbocycles. The normalized spacial score (nSPS) is 19.1. The second kappa shape index (κ2) is 7.19. The third kappa shape index (κ3) is 3.60. The lowest BCUT2D eigenvalue weighted by Gasteiger charge is -2.38. The number of hydrogen-bond donors (Lipinski definition) is 1. The van der Waals surface area contributed by atoms with Gasteiger partial charge in [0.15, 0.2) is 5.79 Å². The number of rotatable bonds is 3. The van der Waals surface area contributed by atoms with E-state index >= 15 is 0 Å². The van der Waals surface area contributed by atoms with Crippen molar-refractivity contribution in [2.24, 2.45) is 0 Å². The molecule has 4 rings (SSSR count). The van der Waals surface area contributed by atoms with E-state index in [9.17, 15) is 0 Å². The second-order valence-electron chi connectivity index (χ2n) is 6.51. The Morgan fingerprint density at radius 2 is 1.85 bits per heavy atom. The maximum atomic E-state index is 6.25. The van der Waals surface area contributed by atoms with Crippen LogP contribution in [0.15, 0.2) is 24.3 Å². The summed E-state index contributed by atoms with van der Waals surface area (Å²) in [7, 11) is 0. The van der Waals surface area contributed by atoms with Gasteiger partial charge < -0.3 is 19.7 Å². The number of nitrogens with zero attached hydrogens (tertiary/aromatic N) is 3. The standard InChI is InChI=1S/C18H20Cl2N4O2/c1-12-11-15(24-7-5-18(6-8-24)25-9-10-26-18)23-17(21-12)22-14-4-2-3-13(19)16(14)20/h2-4,11H,5-10H2,1H3,(H,21,22,23). The first-order valence-electron chi connectivity index (χ1n) is 8.64. The average Bonchev–Trinajstić information content (AvgIpc) is 3.07. The molecule has 0 atom stereocenters. The van der Waals surface area contributed by atoms with E-state index in [-0.39, 0.29) is 0 Å². The van der Waals surface area contributed by atoms with Crippen molar-refractivity contribution in [2.45, 2.75) is 25.6 Å². The summed E-state index contributed by atoms with van der Waals surface area (Å²) in [5.41, 5.74) is 1.56. The summed E-state index contributed by atoms with van der Waals surface area (Å²) in [4.78, 5) is 11.4. The molecule has 1 aromatic carbocycles. The molecule has 0 amide bonds. The van der Waals surface area contributed by atoms with Crippen molar-refractivity contribution >= 4 is 40.7 Å². The van der Waals surface area contributed by atoms with Crippen LogP contribution in [0.25, 0.3) is 0 Å². The molecule has 1 spiro atoms. The number of aryl methyl sites for hydroxylation is 1. The topological polar surface area (TPSA) is 59.5 Å². The minimum atomic E-state index is -0.395. The Morgan fingerprint density at radius 1 is 1.12 bits per heavy atom. The van der Waals surface area contributed by atoms with Crippen molar-refractivity contribution in [3.8, 4) is 0 Å². The van der Waals surface area contributed by atoms with Gasteiger partial charge in [0.25, 0.3) is 0 Å². The van der Waals surface area contributed by atoms with Crippen molar-refractivity contribution in [1.29, 1.82) is 0 Å². The fourth-order valence-electron chi connectivity index (χ4n) is 3.35. The quantitative estimate of drug-likeness (QED) is 0.842. The van der Waals surface area contributed by atoms with Gasteiger partial charge in [-0.3, -0.25) is 0 Å². The van der Waals surface area contributed by atoms with Crippen LogP contribution in [-0.4, -0.2) is 42.1 Å². The van der Waals surface area contributed by atoms with E-state index in [0.717, 1.165) is 37.4 Å². The molecule has 0 radical (unpaired) electrons. The average molecular weight is 395 g/mol. The zero-order chi connectivity index (χ0) is 18.1. The summed E-state index contributed by atoms with van der Waals surface area (Å²) in [5.74, 6) is 0.984. The van der Waals surface area contributed by atoms with Gasteiger partial charge in [0.05, 0.1) is 28.9 Å². The van der Waals surface area contributed by atoms with Crippen LogP contribution in [-0.2, 0) is 9.47 Å². The van der Waals surface area contributed by atoms with E-state index in [0.29, 0.717) is 34.9 Å². The van der Waals surface area contributed by atoms with Crippen LogP contribution in [0.2, 0.25) is 10.0 Å². The number of piperidine rings is 1. The molecular weight excluding hydrogens is 375 g/mol. The van der Waals surface area contributed by atoms with E-state index in [2.05, 4.69) is 20.2 Å². The minimum absolute atomic E-state index is 0.395. The van der Waals surface area contributed by atoms with Gasteiger partial charge in [0.1, 0.15) is 5.82 Å². The van der Waals surface area contributed by atoms with Gasteiger partial charge in [-0.25, -0.2) is 4.98 Å². The van der Waals surface area contributed by atoms with E-state index in [1.807, 2.05) is 25.1 Å². The van der Waals surface area contributed by atoms with Gasteiger partial charge >= 0.3 is 0 Å². The Balaban J connectivity index is 1.52. The van der Waals surface area contributed by atoms with Gasteiger partial charge in [-0.1, -0.05) is 29.3 Å². The smallest absolute Gasteiger partial charge is 0.229 e. The molecule has 8 heteroatoms. The number of nitrogens with one attached hydrogen (secondary N) is 1. The molecule has 2 aliphatic heterocycles. The van der Waals surface area contributed by atoms with Crippen LogP contribution >= 0.6 is 23.2 Å².